The predicted molar refractivity (Wildman–Crippen MR) is 74.6 cm³/mol. The summed E-state index contributed by atoms with van der Waals surface area (Å²) >= 11 is 5.89. The summed E-state index contributed by atoms with van der Waals surface area (Å²) in [6.45, 7) is 4.29. The Morgan fingerprint density at radius 3 is 2.28 bits per heavy atom. The van der Waals surface area contributed by atoms with Gasteiger partial charge in [0, 0.05) is 5.41 Å². The molecule has 0 aromatic heterocycles. The number of benzene rings is 2. The second kappa shape index (κ2) is 5.11. The lowest BCUT2D eigenvalue weighted by molar-refractivity contribution is 0.546. The monoisotopic (exact) mass is 262 g/mol. The second-order valence-corrected chi connectivity index (χ2v) is 5.09. The van der Waals surface area contributed by atoms with Gasteiger partial charge < -0.3 is 0 Å². The molecule has 0 amide bonds. The highest BCUT2D eigenvalue weighted by atomic mass is 35.5. The molecular weight excluding hydrogens is 247 g/mol. The molecule has 2 aromatic rings. The maximum atomic E-state index is 13.3. The zero-order valence-corrected chi connectivity index (χ0v) is 11.3. The third kappa shape index (κ3) is 2.28. The molecule has 0 spiro atoms. The van der Waals surface area contributed by atoms with Gasteiger partial charge in [0.1, 0.15) is 5.82 Å². The van der Waals surface area contributed by atoms with E-state index in [-0.39, 0.29) is 16.3 Å². The van der Waals surface area contributed by atoms with Crippen LogP contribution in [0.2, 0.25) is 5.02 Å². The average molecular weight is 263 g/mol. The van der Waals surface area contributed by atoms with Gasteiger partial charge in [-0.15, -0.1) is 0 Å². The molecule has 18 heavy (non-hydrogen) atoms. The van der Waals surface area contributed by atoms with Gasteiger partial charge in [0.15, 0.2) is 0 Å². The van der Waals surface area contributed by atoms with Crippen molar-refractivity contribution in [3.8, 4) is 0 Å². The van der Waals surface area contributed by atoms with Crippen molar-refractivity contribution in [2.24, 2.45) is 0 Å². The molecule has 0 radical (unpaired) electrons. The van der Waals surface area contributed by atoms with Crippen LogP contribution in [0, 0.1) is 5.82 Å². The van der Waals surface area contributed by atoms with Crippen LogP contribution in [-0.4, -0.2) is 0 Å². The van der Waals surface area contributed by atoms with Crippen LogP contribution in [0.1, 0.15) is 31.4 Å². The van der Waals surface area contributed by atoms with E-state index in [9.17, 15) is 4.39 Å². The van der Waals surface area contributed by atoms with Gasteiger partial charge in [-0.2, -0.15) is 0 Å². The molecule has 2 rings (SSSR count). The molecule has 0 N–H and O–H groups in total. The van der Waals surface area contributed by atoms with Crippen molar-refractivity contribution in [1.82, 2.24) is 0 Å². The summed E-state index contributed by atoms with van der Waals surface area (Å²) in [6, 6.07) is 15.2. The van der Waals surface area contributed by atoms with E-state index in [2.05, 4.69) is 26.0 Å². The first kappa shape index (κ1) is 13.1. The van der Waals surface area contributed by atoms with E-state index >= 15 is 0 Å². The molecule has 0 heterocycles. The highest BCUT2D eigenvalue weighted by Crippen LogP contribution is 2.36. The summed E-state index contributed by atoms with van der Waals surface area (Å²) < 4.78 is 13.3. The van der Waals surface area contributed by atoms with Crippen LogP contribution in [0.4, 0.5) is 4.39 Å². The normalized spacial score (nSPS) is 14.2. The summed E-state index contributed by atoms with van der Waals surface area (Å²) in [5, 5.41) is 0.183. The van der Waals surface area contributed by atoms with E-state index in [0.29, 0.717) is 0 Å². The molecule has 0 aliphatic carbocycles. The smallest absolute Gasteiger partial charge is 0.141 e. The minimum absolute atomic E-state index is 0.140. The first-order valence-electron chi connectivity index (χ1n) is 6.09. The Bertz CT molecular complexity index is 536. The summed E-state index contributed by atoms with van der Waals surface area (Å²) in [6.07, 6.45) is 0.930. The summed E-state index contributed by atoms with van der Waals surface area (Å²) in [7, 11) is 0. The Hall–Kier alpha value is -1.34. The lowest BCUT2D eigenvalue weighted by atomic mass is 9.74. The van der Waals surface area contributed by atoms with Gasteiger partial charge in [-0.25, -0.2) is 4.39 Å². The first-order chi connectivity index (χ1) is 8.58. The molecule has 1 atom stereocenters. The second-order valence-electron chi connectivity index (χ2n) is 4.68. The van der Waals surface area contributed by atoms with Gasteiger partial charge in [-0.1, -0.05) is 61.8 Å². The van der Waals surface area contributed by atoms with Crippen LogP contribution in [0.3, 0.4) is 0 Å². The maximum absolute atomic E-state index is 13.3. The van der Waals surface area contributed by atoms with E-state index in [1.807, 2.05) is 24.3 Å². The van der Waals surface area contributed by atoms with Crippen LogP contribution in [0.25, 0.3) is 0 Å². The lowest BCUT2D eigenvalue weighted by Gasteiger charge is -2.30. The van der Waals surface area contributed by atoms with Crippen molar-refractivity contribution < 1.29 is 4.39 Å². The number of halogens is 2. The van der Waals surface area contributed by atoms with Crippen LogP contribution >= 0.6 is 11.6 Å². The van der Waals surface area contributed by atoms with Crippen molar-refractivity contribution >= 4 is 11.6 Å². The van der Waals surface area contributed by atoms with Gasteiger partial charge in [0.2, 0.25) is 0 Å². The molecule has 2 heteroatoms. The summed E-state index contributed by atoms with van der Waals surface area (Å²) in [4.78, 5) is 0. The standard InChI is InChI=1S/C16H16ClF/c1-3-16(2,12-7-5-4-6-8-12)13-9-10-15(18)14(17)11-13/h4-11H,3H2,1-2H3. The van der Waals surface area contributed by atoms with E-state index in [1.54, 1.807) is 6.07 Å². The van der Waals surface area contributed by atoms with Gasteiger partial charge in [-0.05, 0) is 29.7 Å². The van der Waals surface area contributed by atoms with E-state index < -0.39 is 0 Å². The average Bonchev–Trinajstić information content (AvgIpc) is 2.42. The molecule has 1 unspecified atom stereocenters. The number of hydrogen-bond donors (Lipinski definition) is 0. The van der Waals surface area contributed by atoms with Crippen LogP contribution in [0.15, 0.2) is 48.5 Å². The zero-order chi connectivity index (χ0) is 13.2. The minimum atomic E-state index is -0.369. The largest absolute Gasteiger partial charge is 0.205 e. The molecular formula is C16H16ClF. The Morgan fingerprint density at radius 2 is 1.72 bits per heavy atom. The zero-order valence-electron chi connectivity index (χ0n) is 10.6. The molecule has 0 saturated heterocycles. The van der Waals surface area contributed by atoms with E-state index in [4.69, 9.17) is 11.6 Å². The SMILES string of the molecule is CCC(C)(c1ccccc1)c1ccc(F)c(Cl)c1. The Labute approximate surface area is 112 Å². The van der Waals surface area contributed by atoms with Crippen LogP contribution in [0.5, 0.6) is 0 Å². The van der Waals surface area contributed by atoms with Gasteiger partial charge in [-0.3, -0.25) is 0 Å². The number of hydrogen-bond acceptors (Lipinski definition) is 0. The minimum Gasteiger partial charge on any atom is -0.205 e. The third-order valence-electron chi connectivity index (χ3n) is 3.67. The quantitative estimate of drug-likeness (QED) is 0.714. The fourth-order valence-electron chi connectivity index (χ4n) is 2.22. The van der Waals surface area contributed by atoms with Gasteiger partial charge in [0.25, 0.3) is 0 Å². The fourth-order valence-corrected chi connectivity index (χ4v) is 2.40. The van der Waals surface area contributed by atoms with Crippen molar-refractivity contribution in [3.05, 3.63) is 70.5 Å². The molecule has 0 aliphatic rings. The number of rotatable bonds is 3. The van der Waals surface area contributed by atoms with Gasteiger partial charge in [0.05, 0.1) is 5.02 Å². The Kier molecular flexibility index (Phi) is 3.72. The Balaban J connectivity index is 2.53. The summed E-state index contributed by atoms with van der Waals surface area (Å²) in [5.41, 5.74) is 2.12. The van der Waals surface area contributed by atoms with E-state index in [1.165, 1.54) is 11.6 Å². The van der Waals surface area contributed by atoms with Crippen LogP contribution < -0.4 is 0 Å². The third-order valence-corrected chi connectivity index (χ3v) is 3.96. The predicted octanol–water partition coefficient (Wildman–Crippen LogP) is 5.20. The molecule has 0 fully saturated rings. The van der Waals surface area contributed by atoms with Crippen LogP contribution in [-0.2, 0) is 5.41 Å². The molecule has 0 saturated carbocycles. The van der Waals surface area contributed by atoms with Crippen molar-refractivity contribution in [1.29, 1.82) is 0 Å². The first-order valence-corrected chi connectivity index (χ1v) is 6.47. The van der Waals surface area contributed by atoms with Crippen molar-refractivity contribution in [2.45, 2.75) is 25.7 Å². The molecule has 0 aliphatic heterocycles. The molecule has 94 valence electrons. The molecule has 0 nitrogen and oxygen atoms in total. The lowest BCUT2D eigenvalue weighted by Crippen LogP contribution is -2.22. The maximum Gasteiger partial charge on any atom is 0.141 e. The van der Waals surface area contributed by atoms with Crippen molar-refractivity contribution in [2.75, 3.05) is 0 Å². The van der Waals surface area contributed by atoms with Gasteiger partial charge >= 0.3 is 0 Å². The molecule has 0 bridgehead atoms. The fraction of sp³-hybridized carbons (Fsp3) is 0.250. The van der Waals surface area contributed by atoms with Crippen molar-refractivity contribution in [3.63, 3.8) is 0 Å². The highest BCUT2D eigenvalue weighted by molar-refractivity contribution is 6.30. The Morgan fingerprint density at radius 1 is 1.06 bits per heavy atom. The molecule has 2 aromatic carbocycles. The summed E-state index contributed by atoms with van der Waals surface area (Å²) in [5.74, 6) is -0.369. The van der Waals surface area contributed by atoms with E-state index in [0.717, 1.165) is 12.0 Å². The topological polar surface area (TPSA) is 0 Å². The highest BCUT2D eigenvalue weighted by Gasteiger charge is 2.27.